The lowest BCUT2D eigenvalue weighted by Crippen LogP contribution is -2.51. The van der Waals surface area contributed by atoms with Crippen molar-refractivity contribution in [1.82, 2.24) is 10.6 Å². The summed E-state index contributed by atoms with van der Waals surface area (Å²) in [6, 6.07) is 19.2. The van der Waals surface area contributed by atoms with Crippen molar-refractivity contribution in [2.24, 2.45) is 4.99 Å². The third kappa shape index (κ3) is 6.64. The van der Waals surface area contributed by atoms with E-state index in [1.54, 1.807) is 0 Å². The Kier molecular flexibility index (Phi) is 9.43. The van der Waals surface area contributed by atoms with E-state index in [2.05, 4.69) is 69.8 Å². The minimum atomic E-state index is 0. The molecule has 6 nitrogen and oxygen atoms in total. The number of nitrogens with one attached hydrogen (secondary N) is 2. The molecule has 0 saturated carbocycles. The number of halogens is 1. The number of benzene rings is 2. The monoisotopic (exact) mass is 556 g/mol. The smallest absolute Gasteiger partial charge is 0.191 e. The molecule has 7 heteroatoms. The van der Waals surface area contributed by atoms with Gasteiger partial charge in [-0.1, -0.05) is 36.4 Å². The molecule has 1 saturated heterocycles. The van der Waals surface area contributed by atoms with Crippen LogP contribution in [0, 0.1) is 11.3 Å². The lowest BCUT2D eigenvalue weighted by atomic mass is 10.0. The van der Waals surface area contributed by atoms with E-state index < -0.39 is 0 Å². The maximum Gasteiger partial charge on any atom is 0.191 e. The summed E-state index contributed by atoms with van der Waals surface area (Å²) in [5.74, 6) is 0.848. The first kappa shape index (κ1) is 24.9. The molecule has 2 N–H and O–H groups in total. The van der Waals surface area contributed by atoms with E-state index >= 15 is 0 Å². The maximum atomic E-state index is 9.46. The molecule has 2 aromatic rings. The van der Waals surface area contributed by atoms with Crippen molar-refractivity contribution in [3.63, 3.8) is 0 Å². The number of guanidine groups is 1. The summed E-state index contributed by atoms with van der Waals surface area (Å²) in [6.07, 6.45) is 6.59. The van der Waals surface area contributed by atoms with E-state index in [4.69, 9.17) is 4.99 Å². The molecule has 0 bridgehead atoms. The number of nitriles is 1. The normalized spacial score (nSPS) is 17.9. The van der Waals surface area contributed by atoms with E-state index in [1.165, 1.54) is 11.3 Å². The van der Waals surface area contributed by atoms with Gasteiger partial charge in [-0.3, -0.25) is 0 Å². The predicted octanol–water partition coefficient (Wildman–Crippen LogP) is 4.28. The Hall–Kier alpha value is -2.73. The van der Waals surface area contributed by atoms with Gasteiger partial charge in [0, 0.05) is 44.5 Å². The van der Waals surface area contributed by atoms with Crippen LogP contribution in [0.15, 0.2) is 65.7 Å². The van der Waals surface area contributed by atoms with E-state index in [-0.39, 0.29) is 24.0 Å². The fraction of sp³-hybridized carbons (Fsp3) is 0.385. The SMILES string of the molecule is CCNC(=NCc1ccc(N2CC=CC2)cc1)NC1CCCN(c2ccccc2C#N)C1.I. The highest BCUT2D eigenvalue weighted by Crippen LogP contribution is 2.23. The second-order valence-corrected chi connectivity index (χ2v) is 8.30. The fourth-order valence-corrected chi connectivity index (χ4v) is 4.34. The van der Waals surface area contributed by atoms with Crippen LogP contribution in [0.3, 0.4) is 0 Å². The highest BCUT2D eigenvalue weighted by atomic mass is 127. The van der Waals surface area contributed by atoms with E-state index in [0.717, 1.165) is 62.8 Å². The van der Waals surface area contributed by atoms with Gasteiger partial charge < -0.3 is 20.4 Å². The fourth-order valence-electron chi connectivity index (χ4n) is 4.34. The van der Waals surface area contributed by atoms with Gasteiger partial charge in [-0.25, -0.2) is 4.99 Å². The van der Waals surface area contributed by atoms with Gasteiger partial charge in [0.1, 0.15) is 6.07 Å². The van der Waals surface area contributed by atoms with Crippen molar-refractivity contribution in [1.29, 1.82) is 5.26 Å². The molecular weight excluding hydrogens is 523 g/mol. The van der Waals surface area contributed by atoms with E-state index in [1.807, 2.05) is 24.3 Å². The van der Waals surface area contributed by atoms with Crippen LogP contribution in [0.2, 0.25) is 0 Å². The number of aliphatic imine (C=N–C) groups is 1. The van der Waals surface area contributed by atoms with Crippen LogP contribution in [0.4, 0.5) is 11.4 Å². The summed E-state index contributed by atoms with van der Waals surface area (Å²) in [5, 5.41) is 16.5. The Morgan fingerprint density at radius 1 is 1.09 bits per heavy atom. The first-order valence-electron chi connectivity index (χ1n) is 11.5. The van der Waals surface area contributed by atoms with Gasteiger partial charge in [0.2, 0.25) is 0 Å². The van der Waals surface area contributed by atoms with Crippen LogP contribution >= 0.6 is 24.0 Å². The summed E-state index contributed by atoms with van der Waals surface area (Å²) in [4.78, 5) is 9.49. The van der Waals surface area contributed by atoms with Crippen LogP contribution < -0.4 is 20.4 Å². The molecule has 0 radical (unpaired) electrons. The molecule has 33 heavy (non-hydrogen) atoms. The zero-order valence-corrected chi connectivity index (χ0v) is 21.5. The third-order valence-electron chi connectivity index (χ3n) is 6.01. The molecule has 0 amide bonds. The average Bonchev–Trinajstić information content (AvgIpc) is 3.38. The molecule has 1 atom stereocenters. The second kappa shape index (κ2) is 12.5. The van der Waals surface area contributed by atoms with E-state index in [0.29, 0.717) is 12.6 Å². The van der Waals surface area contributed by atoms with Gasteiger partial charge >= 0.3 is 0 Å². The quantitative estimate of drug-likeness (QED) is 0.241. The number of para-hydroxylation sites is 1. The zero-order chi connectivity index (χ0) is 22.2. The molecule has 0 aromatic heterocycles. The van der Waals surface area contributed by atoms with Gasteiger partial charge in [-0.05, 0) is 49.6 Å². The van der Waals surface area contributed by atoms with Crippen molar-refractivity contribution in [3.05, 3.63) is 71.8 Å². The largest absolute Gasteiger partial charge is 0.368 e. The topological polar surface area (TPSA) is 66.7 Å². The molecule has 1 unspecified atom stereocenters. The summed E-state index contributed by atoms with van der Waals surface area (Å²) >= 11 is 0. The third-order valence-corrected chi connectivity index (χ3v) is 6.01. The van der Waals surface area contributed by atoms with E-state index in [9.17, 15) is 5.26 Å². The molecule has 2 aliphatic heterocycles. The maximum absolute atomic E-state index is 9.46. The van der Waals surface area contributed by atoms with Crippen molar-refractivity contribution in [2.75, 3.05) is 42.5 Å². The molecule has 2 aromatic carbocycles. The number of hydrogen-bond donors (Lipinski definition) is 2. The summed E-state index contributed by atoms with van der Waals surface area (Å²) < 4.78 is 0. The van der Waals surface area contributed by atoms with Crippen LogP contribution in [0.1, 0.15) is 30.9 Å². The Morgan fingerprint density at radius 2 is 1.85 bits per heavy atom. The number of hydrogen-bond acceptors (Lipinski definition) is 4. The number of piperidine rings is 1. The molecule has 0 spiro atoms. The first-order valence-corrected chi connectivity index (χ1v) is 11.5. The Balaban J connectivity index is 0.00000306. The molecule has 174 valence electrons. The molecule has 2 heterocycles. The lowest BCUT2D eigenvalue weighted by Gasteiger charge is -2.35. The van der Waals surface area contributed by atoms with Gasteiger partial charge in [0.15, 0.2) is 5.96 Å². The zero-order valence-electron chi connectivity index (χ0n) is 19.2. The highest BCUT2D eigenvalue weighted by molar-refractivity contribution is 14.0. The average molecular weight is 556 g/mol. The molecule has 4 rings (SSSR count). The predicted molar refractivity (Wildman–Crippen MR) is 148 cm³/mol. The summed E-state index contributed by atoms with van der Waals surface area (Å²) in [5.41, 5.74) is 4.22. The molecule has 2 aliphatic rings. The van der Waals surface area contributed by atoms with Crippen molar-refractivity contribution < 1.29 is 0 Å². The Bertz CT molecular complexity index is 987. The Labute approximate surface area is 214 Å². The lowest BCUT2D eigenvalue weighted by molar-refractivity contribution is 0.468. The number of rotatable bonds is 6. The van der Waals surface area contributed by atoms with Crippen LogP contribution in [0.25, 0.3) is 0 Å². The molecule has 0 aliphatic carbocycles. The van der Waals surface area contributed by atoms with Crippen LogP contribution in [-0.2, 0) is 6.54 Å². The van der Waals surface area contributed by atoms with Crippen molar-refractivity contribution >= 4 is 41.3 Å². The first-order chi connectivity index (χ1) is 15.8. The highest BCUT2D eigenvalue weighted by Gasteiger charge is 2.22. The second-order valence-electron chi connectivity index (χ2n) is 8.30. The summed E-state index contributed by atoms with van der Waals surface area (Å²) in [6.45, 7) is 7.37. The number of nitrogens with zero attached hydrogens (tertiary/aromatic N) is 4. The number of anilines is 2. The van der Waals surface area contributed by atoms with Crippen LogP contribution in [-0.4, -0.2) is 44.7 Å². The van der Waals surface area contributed by atoms with Gasteiger partial charge in [0.05, 0.1) is 17.8 Å². The van der Waals surface area contributed by atoms with Gasteiger partial charge in [-0.2, -0.15) is 5.26 Å². The minimum Gasteiger partial charge on any atom is -0.368 e. The minimum absolute atomic E-state index is 0. The molecule has 1 fully saturated rings. The molecular formula is C26H33IN6. The summed E-state index contributed by atoms with van der Waals surface area (Å²) in [7, 11) is 0. The van der Waals surface area contributed by atoms with Crippen molar-refractivity contribution in [3.8, 4) is 6.07 Å². The Morgan fingerprint density at radius 3 is 2.58 bits per heavy atom. The van der Waals surface area contributed by atoms with Gasteiger partial charge in [-0.15, -0.1) is 24.0 Å². The standard InChI is InChI=1S/C26H32N6.HI/c1-2-28-26(29-19-21-11-13-24(14-12-21)31-15-5-6-16-31)30-23-9-7-17-32(20-23)25-10-4-3-8-22(25)18-27;/h3-6,8,10-14,23H,2,7,9,15-17,19-20H2,1H3,(H2,28,29,30);1H. The van der Waals surface area contributed by atoms with Crippen LogP contribution in [0.5, 0.6) is 0 Å². The van der Waals surface area contributed by atoms with Gasteiger partial charge in [0.25, 0.3) is 0 Å². The van der Waals surface area contributed by atoms with Crippen molar-refractivity contribution in [2.45, 2.75) is 32.4 Å².